The summed E-state index contributed by atoms with van der Waals surface area (Å²) in [6.45, 7) is 7.42. The van der Waals surface area contributed by atoms with E-state index in [-0.39, 0.29) is 5.97 Å². The lowest BCUT2D eigenvalue weighted by Gasteiger charge is -2.02. The van der Waals surface area contributed by atoms with Crippen molar-refractivity contribution in [3.8, 4) is 0 Å². The van der Waals surface area contributed by atoms with Gasteiger partial charge in [0.1, 0.15) is 12.2 Å². The van der Waals surface area contributed by atoms with Crippen LogP contribution in [0.15, 0.2) is 12.7 Å². The van der Waals surface area contributed by atoms with E-state index < -0.39 is 0 Å². The molecule has 6 heteroatoms. The third kappa shape index (κ3) is 16.3. The molecule has 2 atom stereocenters. The molecule has 2 heterocycles. The van der Waals surface area contributed by atoms with Crippen LogP contribution in [0.4, 0.5) is 0 Å². The van der Waals surface area contributed by atoms with Crippen LogP contribution < -0.4 is 0 Å². The first-order valence-corrected chi connectivity index (χ1v) is 9.47. The van der Waals surface area contributed by atoms with Crippen molar-refractivity contribution in [2.45, 2.75) is 63.6 Å². The summed E-state index contributed by atoms with van der Waals surface area (Å²) in [6.07, 6.45) is 11.0. The van der Waals surface area contributed by atoms with Gasteiger partial charge in [0.05, 0.1) is 33.0 Å². The first kappa shape index (κ1) is 22.1. The van der Waals surface area contributed by atoms with Crippen molar-refractivity contribution >= 4 is 5.97 Å². The molecule has 25 heavy (non-hydrogen) atoms. The molecule has 2 aliphatic rings. The summed E-state index contributed by atoms with van der Waals surface area (Å²) < 4.78 is 20.0. The van der Waals surface area contributed by atoms with E-state index in [1.165, 1.54) is 31.8 Å². The molecular formula is C19H34O6. The molecule has 0 aliphatic carbocycles. The topological polar surface area (TPSA) is 80.8 Å². The number of esters is 1. The van der Waals surface area contributed by atoms with E-state index in [1.54, 1.807) is 0 Å². The van der Waals surface area contributed by atoms with Crippen molar-refractivity contribution in [1.82, 2.24) is 0 Å². The van der Waals surface area contributed by atoms with Crippen LogP contribution in [-0.2, 0) is 23.7 Å². The highest BCUT2D eigenvalue weighted by Crippen LogP contribution is 2.12. The smallest absolute Gasteiger partial charge is 0.330 e. The molecule has 0 bridgehead atoms. The number of carbonyl (C=O) groups excluding carboxylic acids is 1. The number of aliphatic hydroxyl groups is 1. The second-order valence-corrected chi connectivity index (χ2v) is 6.37. The third-order valence-corrected chi connectivity index (χ3v) is 3.88. The van der Waals surface area contributed by atoms with Gasteiger partial charge in [0.25, 0.3) is 0 Å². The lowest BCUT2D eigenvalue weighted by molar-refractivity contribution is -0.137. The van der Waals surface area contributed by atoms with Gasteiger partial charge in [-0.05, 0) is 12.8 Å². The van der Waals surface area contributed by atoms with Gasteiger partial charge in [-0.3, -0.25) is 0 Å². The van der Waals surface area contributed by atoms with Crippen LogP contribution in [-0.4, -0.2) is 62.9 Å². The van der Waals surface area contributed by atoms with Crippen LogP contribution in [0, 0.1) is 0 Å². The Kier molecular flexibility index (Phi) is 13.5. The Morgan fingerprint density at radius 1 is 0.960 bits per heavy atom. The van der Waals surface area contributed by atoms with E-state index in [0.717, 1.165) is 52.1 Å². The fourth-order valence-electron chi connectivity index (χ4n) is 2.17. The van der Waals surface area contributed by atoms with Gasteiger partial charge in [-0.15, -0.1) is 0 Å². The molecule has 2 saturated heterocycles. The Morgan fingerprint density at radius 2 is 1.44 bits per heavy atom. The van der Waals surface area contributed by atoms with Crippen LogP contribution in [0.3, 0.4) is 0 Å². The fourth-order valence-corrected chi connectivity index (χ4v) is 2.17. The second-order valence-electron chi connectivity index (χ2n) is 6.37. The molecule has 0 saturated carbocycles. The number of unbranched alkanes of at least 4 members (excludes halogenated alkanes) is 7. The largest absolute Gasteiger partial charge is 0.463 e. The van der Waals surface area contributed by atoms with Crippen molar-refractivity contribution in [3.63, 3.8) is 0 Å². The molecule has 0 aromatic carbocycles. The Balaban J connectivity index is 0.000000286. The molecule has 2 rings (SSSR count). The van der Waals surface area contributed by atoms with Gasteiger partial charge < -0.3 is 24.1 Å². The van der Waals surface area contributed by atoms with Gasteiger partial charge in [0, 0.05) is 12.7 Å². The average Bonchev–Trinajstić information content (AvgIpc) is 3.52. The molecule has 2 unspecified atom stereocenters. The number of epoxide rings is 2. The van der Waals surface area contributed by atoms with Crippen LogP contribution in [0.1, 0.15) is 51.4 Å². The lowest BCUT2D eigenvalue weighted by Crippen LogP contribution is -2.06. The lowest BCUT2D eigenvalue weighted by atomic mass is 10.1. The summed E-state index contributed by atoms with van der Waals surface area (Å²) in [7, 11) is 0. The van der Waals surface area contributed by atoms with E-state index in [4.69, 9.17) is 24.1 Å². The minimum atomic E-state index is -0.330. The van der Waals surface area contributed by atoms with Crippen molar-refractivity contribution in [2.75, 3.05) is 39.6 Å². The molecule has 0 aromatic heterocycles. The van der Waals surface area contributed by atoms with E-state index in [0.29, 0.717) is 25.4 Å². The van der Waals surface area contributed by atoms with E-state index >= 15 is 0 Å². The highest BCUT2D eigenvalue weighted by molar-refractivity contribution is 5.81. The van der Waals surface area contributed by atoms with Gasteiger partial charge in [-0.2, -0.15) is 0 Å². The quantitative estimate of drug-likeness (QED) is 0.210. The fraction of sp³-hybridized carbons (Fsp3) is 0.842. The predicted molar refractivity (Wildman–Crippen MR) is 95.5 cm³/mol. The summed E-state index contributed by atoms with van der Waals surface area (Å²) in [5, 5.41) is 8.58. The maximum Gasteiger partial charge on any atom is 0.330 e. The average molecular weight is 358 g/mol. The zero-order valence-corrected chi connectivity index (χ0v) is 15.3. The van der Waals surface area contributed by atoms with Crippen molar-refractivity contribution in [3.05, 3.63) is 12.7 Å². The van der Waals surface area contributed by atoms with Gasteiger partial charge in [0.15, 0.2) is 0 Å². The van der Waals surface area contributed by atoms with E-state index in [1.807, 2.05) is 0 Å². The SMILES string of the molecule is C(OCC1CO1)C1CO1.C=CC(=O)OCCCCCCCCCCO. The van der Waals surface area contributed by atoms with Crippen LogP contribution >= 0.6 is 0 Å². The normalized spacial score (nSPS) is 20.4. The van der Waals surface area contributed by atoms with Gasteiger partial charge in [-0.25, -0.2) is 4.79 Å². The summed E-state index contributed by atoms with van der Waals surface area (Å²) in [5.41, 5.74) is 0. The maximum absolute atomic E-state index is 10.7. The summed E-state index contributed by atoms with van der Waals surface area (Å²) in [6, 6.07) is 0. The van der Waals surface area contributed by atoms with E-state index in [2.05, 4.69) is 6.58 Å². The highest BCUT2D eigenvalue weighted by Gasteiger charge is 2.26. The monoisotopic (exact) mass is 358 g/mol. The molecule has 0 amide bonds. The minimum Gasteiger partial charge on any atom is -0.463 e. The molecule has 0 aromatic rings. The number of carbonyl (C=O) groups is 1. The van der Waals surface area contributed by atoms with Gasteiger partial charge in [0.2, 0.25) is 0 Å². The van der Waals surface area contributed by atoms with E-state index in [9.17, 15) is 4.79 Å². The molecule has 2 aliphatic heterocycles. The Hall–Kier alpha value is -0.950. The summed E-state index contributed by atoms with van der Waals surface area (Å²) in [4.78, 5) is 10.7. The molecule has 6 nitrogen and oxygen atoms in total. The van der Waals surface area contributed by atoms with Crippen LogP contribution in [0.25, 0.3) is 0 Å². The number of hydrogen-bond donors (Lipinski definition) is 1. The van der Waals surface area contributed by atoms with Gasteiger partial charge in [-0.1, -0.05) is 45.1 Å². The highest BCUT2D eigenvalue weighted by atomic mass is 16.6. The number of hydrogen-bond acceptors (Lipinski definition) is 6. The summed E-state index contributed by atoms with van der Waals surface area (Å²) >= 11 is 0. The number of ether oxygens (including phenoxy) is 4. The zero-order chi connectivity index (χ0) is 18.2. The number of rotatable bonds is 15. The van der Waals surface area contributed by atoms with Crippen molar-refractivity contribution < 1.29 is 28.8 Å². The predicted octanol–water partition coefficient (Wildman–Crippen LogP) is 2.63. The third-order valence-electron chi connectivity index (χ3n) is 3.88. The second kappa shape index (κ2) is 15.3. The minimum absolute atomic E-state index is 0.314. The van der Waals surface area contributed by atoms with Crippen LogP contribution in [0.2, 0.25) is 0 Å². The Labute approximate surface area is 151 Å². The zero-order valence-electron chi connectivity index (χ0n) is 15.3. The van der Waals surface area contributed by atoms with Crippen molar-refractivity contribution in [2.24, 2.45) is 0 Å². The number of aliphatic hydroxyl groups excluding tert-OH is 1. The molecule has 2 fully saturated rings. The molecular weight excluding hydrogens is 324 g/mol. The van der Waals surface area contributed by atoms with Crippen molar-refractivity contribution in [1.29, 1.82) is 0 Å². The molecule has 0 spiro atoms. The van der Waals surface area contributed by atoms with Gasteiger partial charge >= 0.3 is 5.97 Å². The maximum atomic E-state index is 10.7. The molecule has 0 radical (unpaired) electrons. The first-order valence-electron chi connectivity index (χ1n) is 9.47. The molecule has 146 valence electrons. The Morgan fingerprint density at radius 3 is 1.88 bits per heavy atom. The van der Waals surface area contributed by atoms with Crippen LogP contribution in [0.5, 0.6) is 0 Å². The Bertz CT molecular complexity index is 327. The standard InChI is InChI=1S/C13H24O3.C6H10O3/c1-2-13(15)16-12-10-8-6-4-3-5-7-9-11-14;1(5-3-8-5)7-2-6-4-9-6/h2,14H,1,3-12H2;5-6H,1-4H2. The molecule has 1 N–H and O–H groups in total. The first-order chi connectivity index (χ1) is 12.3. The summed E-state index contributed by atoms with van der Waals surface area (Å²) in [5.74, 6) is -0.330.